The van der Waals surface area contributed by atoms with Gasteiger partial charge >= 0.3 is 0 Å². The van der Waals surface area contributed by atoms with Gasteiger partial charge < -0.3 is 5.73 Å². The molecule has 0 radical (unpaired) electrons. The minimum absolute atomic E-state index is 0.0422. The monoisotopic (exact) mass is 182 g/mol. The van der Waals surface area contributed by atoms with Crippen LogP contribution in [0.2, 0.25) is 0 Å². The number of nitrogens with one attached hydrogen (secondary N) is 1. The molecule has 2 heteroatoms. The average Bonchev–Trinajstić information content (AvgIpc) is 2.17. The molecule has 2 unspecified atom stereocenters. The topological polar surface area (TPSA) is 38.0 Å². The van der Waals surface area contributed by atoms with Crippen molar-refractivity contribution in [2.75, 3.05) is 6.54 Å². The SMILES string of the molecule is C#CC(C)NC(CC)(CN)CCC. The van der Waals surface area contributed by atoms with Gasteiger partial charge in [0.1, 0.15) is 0 Å². The summed E-state index contributed by atoms with van der Waals surface area (Å²) >= 11 is 0. The van der Waals surface area contributed by atoms with Crippen molar-refractivity contribution in [3.8, 4) is 12.3 Å². The van der Waals surface area contributed by atoms with Gasteiger partial charge in [0.05, 0.1) is 6.04 Å². The van der Waals surface area contributed by atoms with Gasteiger partial charge in [0, 0.05) is 12.1 Å². The molecule has 0 saturated carbocycles. The summed E-state index contributed by atoms with van der Waals surface area (Å²) in [6, 6.07) is 0.107. The molecule has 0 spiro atoms. The van der Waals surface area contributed by atoms with Gasteiger partial charge in [0.2, 0.25) is 0 Å². The van der Waals surface area contributed by atoms with E-state index in [2.05, 4.69) is 25.1 Å². The standard InChI is InChI=1S/C11H22N2/c1-5-8-11(7-3,9-12)13-10(4)6-2/h2,10,13H,5,7-9,12H2,1,3-4H3. The molecule has 0 aromatic rings. The Morgan fingerprint density at radius 2 is 2.15 bits per heavy atom. The Morgan fingerprint density at radius 3 is 2.46 bits per heavy atom. The zero-order valence-corrected chi connectivity index (χ0v) is 9.06. The molecule has 13 heavy (non-hydrogen) atoms. The lowest BCUT2D eigenvalue weighted by Gasteiger charge is -2.34. The Bertz CT molecular complexity index is 165. The van der Waals surface area contributed by atoms with Crippen molar-refractivity contribution in [3.63, 3.8) is 0 Å². The Hall–Kier alpha value is -0.520. The molecule has 0 amide bonds. The molecule has 0 aliphatic rings. The van der Waals surface area contributed by atoms with Gasteiger partial charge in [-0.1, -0.05) is 26.2 Å². The maximum atomic E-state index is 5.78. The van der Waals surface area contributed by atoms with Crippen molar-refractivity contribution in [1.82, 2.24) is 5.32 Å². The molecule has 0 saturated heterocycles. The Balaban J connectivity index is 4.30. The van der Waals surface area contributed by atoms with Gasteiger partial charge in [-0.25, -0.2) is 0 Å². The Labute approximate surface area is 82.3 Å². The maximum Gasteiger partial charge on any atom is 0.0663 e. The van der Waals surface area contributed by atoms with E-state index < -0.39 is 0 Å². The molecule has 2 atom stereocenters. The minimum Gasteiger partial charge on any atom is -0.329 e. The Morgan fingerprint density at radius 1 is 1.54 bits per heavy atom. The largest absolute Gasteiger partial charge is 0.329 e. The highest BCUT2D eigenvalue weighted by molar-refractivity contribution is 5.01. The van der Waals surface area contributed by atoms with E-state index in [1.54, 1.807) is 0 Å². The van der Waals surface area contributed by atoms with E-state index in [9.17, 15) is 0 Å². The first-order valence-corrected chi connectivity index (χ1v) is 5.08. The molecular weight excluding hydrogens is 160 g/mol. The average molecular weight is 182 g/mol. The van der Waals surface area contributed by atoms with E-state index in [1.807, 2.05) is 6.92 Å². The quantitative estimate of drug-likeness (QED) is 0.611. The lowest BCUT2D eigenvalue weighted by Crippen LogP contribution is -2.53. The normalized spacial score (nSPS) is 17.5. The van der Waals surface area contributed by atoms with E-state index in [1.165, 1.54) is 0 Å². The first-order valence-electron chi connectivity index (χ1n) is 5.08. The van der Waals surface area contributed by atoms with Gasteiger partial charge in [-0.05, 0) is 19.8 Å². The molecule has 0 aliphatic carbocycles. The third-order valence-electron chi connectivity index (χ3n) is 2.57. The van der Waals surface area contributed by atoms with Crippen LogP contribution in [0.3, 0.4) is 0 Å². The van der Waals surface area contributed by atoms with E-state index in [0.29, 0.717) is 6.54 Å². The smallest absolute Gasteiger partial charge is 0.0663 e. The van der Waals surface area contributed by atoms with Gasteiger partial charge in [-0.15, -0.1) is 6.42 Å². The number of nitrogens with two attached hydrogens (primary N) is 1. The summed E-state index contributed by atoms with van der Waals surface area (Å²) in [6.07, 6.45) is 8.59. The van der Waals surface area contributed by atoms with Gasteiger partial charge in [0.15, 0.2) is 0 Å². The zero-order valence-electron chi connectivity index (χ0n) is 9.06. The van der Waals surface area contributed by atoms with Crippen LogP contribution in [0.15, 0.2) is 0 Å². The van der Waals surface area contributed by atoms with Crippen molar-refractivity contribution in [3.05, 3.63) is 0 Å². The minimum atomic E-state index is 0.0422. The fourth-order valence-corrected chi connectivity index (χ4v) is 1.64. The van der Waals surface area contributed by atoms with Crippen LogP contribution in [-0.2, 0) is 0 Å². The van der Waals surface area contributed by atoms with E-state index in [4.69, 9.17) is 12.2 Å². The summed E-state index contributed by atoms with van der Waals surface area (Å²) in [5, 5.41) is 3.42. The number of rotatable bonds is 6. The van der Waals surface area contributed by atoms with Crippen molar-refractivity contribution in [2.24, 2.45) is 5.73 Å². The summed E-state index contributed by atoms with van der Waals surface area (Å²) < 4.78 is 0. The van der Waals surface area contributed by atoms with Crippen LogP contribution in [0.1, 0.15) is 40.0 Å². The highest BCUT2D eigenvalue weighted by Gasteiger charge is 2.25. The second-order valence-electron chi connectivity index (χ2n) is 3.62. The lowest BCUT2D eigenvalue weighted by atomic mass is 9.90. The van der Waals surface area contributed by atoms with Crippen molar-refractivity contribution in [2.45, 2.75) is 51.6 Å². The van der Waals surface area contributed by atoms with Gasteiger partial charge in [-0.3, -0.25) is 5.32 Å². The summed E-state index contributed by atoms with van der Waals surface area (Å²) in [4.78, 5) is 0. The fraction of sp³-hybridized carbons (Fsp3) is 0.818. The van der Waals surface area contributed by atoms with Crippen molar-refractivity contribution < 1.29 is 0 Å². The molecule has 0 aromatic heterocycles. The number of hydrogen-bond acceptors (Lipinski definition) is 2. The third kappa shape index (κ3) is 3.80. The highest BCUT2D eigenvalue weighted by Crippen LogP contribution is 2.16. The van der Waals surface area contributed by atoms with Crippen LogP contribution in [0.25, 0.3) is 0 Å². The van der Waals surface area contributed by atoms with E-state index in [-0.39, 0.29) is 11.6 Å². The van der Waals surface area contributed by atoms with Gasteiger partial charge in [-0.2, -0.15) is 0 Å². The number of hydrogen-bond donors (Lipinski definition) is 2. The first kappa shape index (κ1) is 12.5. The van der Waals surface area contributed by atoms with E-state index in [0.717, 1.165) is 19.3 Å². The highest BCUT2D eigenvalue weighted by atomic mass is 15.0. The lowest BCUT2D eigenvalue weighted by molar-refractivity contribution is 0.286. The predicted octanol–water partition coefficient (Wildman–Crippen LogP) is 1.51. The number of terminal acetylenes is 1. The van der Waals surface area contributed by atoms with Crippen LogP contribution in [-0.4, -0.2) is 18.1 Å². The van der Waals surface area contributed by atoms with Gasteiger partial charge in [0.25, 0.3) is 0 Å². The second kappa shape index (κ2) is 6.01. The maximum absolute atomic E-state index is 5.78. The molecule has 76 valence electrons. The zero-order chi connectivity index (χ0) is 10.3. The van der Waals surface area contributed by atoms with Crippen LogP contribution >= 0.6 is 0 Å². The molecule has 0 heterocycles. The van der Waals surface area contributed by atoms with Crippen LogP contribution in [0.5, 0.6) is 0 Å². The molecule has 0 aliphatic heterocycles. The van der Waals surface area contributed by atoms with Crippen molar-refractivity contribution >= 4 is 0 Å². The third-order valence-corrected chi connectivity index (χ3v) is 2.57. The fourth-order valence-electron chi connectivity index (χ4n) is 1.64. The molecular formula is C11H22N2. The molecule has 0 aromatic carbocycles. The molecule has 2 nitrogen and oxygen atoms in total. The van der Waals surface area contributed by atoms with Crippen LogP contribution in [0.4, 0.5) is 0 Å². The Kier molecular flexibility index (Phi) is 5.77. The second-order valence-corrected chi connectivity index (χ2v) is 3.62. The summed E-state index contributed by atoms with van der Waals surface area (Å²) in [5.74, 6) is 2.68. The summed E-state index contributed by atoms with van der Waals surface area (Å²) in [6.45, 7) is 6.97. The van der Waals surface area contributed by atoms with Crippen LogP contribution < -0.4 is 11.1 Å². The molecule has 3 N–H and O–H groups in total. The van der Waals surface area contributed by atoms with Crippen LogP contribution in [0, 0.1) is 12.3 Å². The van der Waals surface area contributed by atoms with E-state index >= 15 is 0 Å². The first-order chi connectivity index (χ1) is 6.14. The van der Waals surface area contributed by atoms with Crippen molar-refractivity contribution in [1.29, 1.82) is 0 Å². The summed E-state index contributed by atoms with van der Waals surface area (Å²) in [5.41, 5.74) is 5.82. The predicted molar refractivity (Wildman–Crippen MR) is 58.4 cm³/mol. The summed E-state index contributed by atoms with van der Waals surface area (Å²) in [7, 11) is 0. The molecule has 0 bridgehead atoms. The molecule has 0 rings (SSSR count). The molecule has 0 fully saturated rings.